The fourth-order valence-corrected chi connectivity index (χ4v) is 3.07. The molecule has 6 nitrogen and oxygen atoms in total. The number of nitrogens with zero attached hydrogens (tertiary/aromatic N) is 2. The molecule has 1 aliphatic rings. The van der Waals surface area contributed by atoms with E-state index in [1.165, 1.54) is 13.3 Å². The van der Waals surface area contributed by atoms with Crippen molar-refractivity contribution in [2.75, 3.05) is 7.11 Å². The first-order valence-electron chi connectivity index (χ1n) is 8.23. The van der Waals surface area contributed by atoms with Gasteiger partial charge in [-0.2, -0.15) is 10.1 Å². The maximum atomic E-state index is 12.7. The highest BCUT2D eigenvalue weighted by Gasteiger charge is 2.32. The number of amides is 2. The highest BCUT2D eigenvalue weighted by Crippen LogP contribution is 2.30. The van der Waals surface area contributed by atoms with Crippen molar-refractivity contribution >= 4 is 34.8 Å². The highest BCUT2D eigenvalue weighted by atomic mass is 16.5. The summed E-state index contributed by atoms with van der Waals surface area (Å²) < 4.78 is 4.65. The molecule has 0 N–H and O–H groups in total. The van der Waals surface area contributed by atoms with Gasteiger partial charge in [0.2, 0.25) is 0 Å². The molecule has 0 spiro atoms. The Bertz CT molecular complexity index is 1070. The second-order valence-electron chi connectivity index (χ2n) is 5.99. The topological polar surface area (TPSA) is 76.0 Å². The first-order chi connectivity index (χ1) is 13.1. The van der Waals surface area contributed by atoms with Gasteiger partial charge in [0.05, 0.1) is 30.0 Å². The lowest BCUT2D eigenvalue weighted by molar-refractivity contribution is 0.0595. The van der Waals surface area contributed by atoms with E-state index in [1.807, 2.05) is 12.1 Å². The summed E-state index contributed by atoms with van der Waals surface area (Å²) in [4.78, 5) is 37.0. The minimum absolute atomic E-state index is 0.403. The van der Waals surface area contributed by atoms with Gasteiger partial charge in [0.25, 0.3) is 11.8 Å². The lowest BCUT2D eigenvalue weighted by atomic mass is 9.95. The molecule has 4 rings (SSSR count). The van der Waals surface area contributed by atoms with E-state index in [9.17, 15) is 14.4 Å². The van der Waals surface area contributed by atoms with Gasteiger partial charge in [-0.15, -0.1) is 0 Å². The largest absolute Gasteiger partial charge is 0.465 e. The van der Waals surface area contributed by atoms with Crippen LogP contribution in [-0.2, 0) is 4.74 Å². The molecule has 0 fully saturated rings. The molecule has 3 aromatic carbocycles. The number of ether oxygens (including phenoxy) is 1. The monoisotopic (exact) mass is 358 g/mol. The fraction of sp³-hybridized carbons (Fsp3) is 0.0476. The molecule has 2 amide bonds. The quantitative estimate of drug-likeness (QED) is 0.409. The number of methoxy groups -OCH3 is 1. The number of hydrazone groups is 1. The minimum Gasteiger partial charge on any atom is -0.465 e. The van der Waals surface area contributed by atoms with Crippen molar-refractivity contribution in [1.29, 1.82) is 0 Å². The maximum absolute atomic E-state index is 12.7. The molecule has 1 heterocycles. The van der Waals surface area contributed by atoms with Crippen LogP contribution >= 0.6 is 0 Å². The third-order valence-electron chi connectivity index (χ3n) is 4.40. The van der Waals surface area contributed by atoms with Gasteiger partial charge in [-0.3, -0.25) is 9.59 Å². The number of hydrogen-bond donors (Lipinski definition) is 0. The second-order valence-corrected chi connectivity index (χ2v) is 5.99. The number of hydrogen-bond acceptors (Lipinski definition) is 5. The van der Waals surface area contributed by atoms with Crippen molar-refractivity contribution in [3.8, 4) is 0 Å². The van der Waals surface area contributed by atoms with Gasteiger partial charge in [-0.1, -0.05) is 36.4 Å². The summed E-state index contributed by atoms with van der Waals surface area (Å²) in [6, 6.07) is 17.2. The zero-order valence-corrected chi connectivity index (χ0v) is 14.4. The van der Waals surface area contributed by atoms with Crippen LogP contribution in [-0.4, -0.2) is 36.1 Å². The molecule has 0 bridgehead atoms. The Balaban J connectivity index is 1.67. The molecule has 0 atom stereocenters. The molecule has 1 aliphatic heterocycles. The first kappa shape index (κ1) is 16.7. The predicted octanol–water partition coefficient (Wildman–Crippen LogP) is 3.26. The van der Waals surface area contributed by atoms with E-state index in [0.29, 0.717) is 27.6 Å². The van der Waals surface area contributed by atoms with Crippen LogP contribution in [0.25, 0.3) is 10.8 Å². The third kappa shape index (κ3) is 2.77. The van der Waals surface area contributed by atoms with E-state index in [-0.39, 0.29) is 0 Å². The summed E-state index contributed by atoms with van der Waals surface area (Å²) >= 11 is 0. The van der Waals surface area contributed by atoms with Gasteiger partial charge in [-0.05, 0) is 35.2 Å². The van der Waals surface area contributed by atoms with Gasteiger partial charge in [-0.25, -0.2) is 4.79 Å². The Labute approximate surface area is 154 Å². The van der Waals surface area contributed by atoms with E-state index in [2.05, 4.69) is 9.84 Å². The van der Waals surface area contributed by atoms with Crippen LogP contribution in [0.15, 0.2) is 65.8 Å². The van der Waals surface area contributed by atoms with Crippen LogP contribution in [0, 0.1) is 0 Å². The third-order valence-corrected chi connectivity index (χ3v) is 4.40. The summed E-state index contributed by atoms with van der Waals surface area (Å²) in [6.45, 7) is 0. The number of esters is 1. The molecule has 132 valence electrons. The normalized spacial score (nSPS) is 13.4. The molecular weight excluding hydrogens is 344 g/mol. The second kappa shape index (κ2) is 6.49. The average Bonchev–Trinajstić information content (AvgIpc) is 2.71. The SMILES string of the molecule is COC(=O)c1ccc(/C=N\N2C(=O)c3cccc4cccc(c34)C2=O)cc1. The van der Waals surface area contributed by atoms with E-state index in [4.69, 9.17) is 0 Å². The van der Waals surface area contributed by atoms with E-state index in [0.717, 1.165) is 10.4 Å². The molecule has 0 saturated heterocycles. The number of imide groups is 1. The minimum atomic E-state index is -0.466. The van der Waals surface area contributed by atoms with Gasteiger partial charge < -0.3 is 4.74 Å². The van der Waals surface area contributed by atoms with Crippen LogP contribution < -0.4 is 0 Å². The standard InChI is InChI=1S/C21H14N2O4/c1-27-21(26)15-10-8-13(9-11-15)12-22-23-19(24)16-6-2-4-14-5-3-7-17(18(14)16)20(23)25/h2-12H,1H3/b22-12-. The lowest BCUT2D eigenvalue weighted by Crippen LogP contribution is -2.36. The van der Waals surface area contributed by atoms with Crippen LogP contribution in [0.4, 0.5) is 0 Å². The van der Waals surface area contributed by atoms with E-state index in [1.54, 1.807) is 48.5 Å². The molecule has 0 aliphatic carbocycles. The number of carbonyl (C=O) groups is 3. The van der Waals surface area contributed by atoms with Gasteiger partial charge in [0.15, 0.2) is 0 Å². The Morgan fingerprint density at radius 3 is 2.07 bits per heavy atom. The summed E-state index contributed by atoms with van der Waals surface area (Å²) in [6.07, 6.45) is 1.41. The van der Waals surface area contributed by atoms with Crippen LogP contribution in [0.5, 0.6) is 0 Å². The van der Waals surface area contributed by atoms with Crippen LogP contribution in [0.2, 0.25) is 0 Å². The smallest absolute Gasteiger partial charge is 0.337 e. The van der Waals surface area contributed by atoms with E-state index >= 15 is 0 Å². The number of benzene rings is 3. The molecule has 0 saturated carbocycles. The highest BCUT2D eigenvalue weighted by molar-refractivity contribution is 6.25. The number of carbonyl (C=O) groups excluding carboxylic acids is 3. The average molecular weight is 358 g/mol. The molecule has 3 aromatic rings. The van der Waals surface area contributed by atoms with Gasteiger partial charge in [0, 0.05) is 5.39 Å². The lowest BCUT2D eigenvalue weighted by Gasteiger charge is -2.22. The van der Waals surface area contributed by atoms with Crippen molar-refractivity contribution in [2.24, 2.45) is 5.10 Å². The summed E-state index contributed by atoms with van der Waals surface area (Å²) in [7, 11) is 1.31. The Morgan fingerprint density at radius 2 is 1.52 bits per heavy atom. The van der Waals surface area contributed by atoms with Crippen molar-refractivity contribution < 1.29 is 19.1 Å². The van der Waals surface area contributed by atoms with Gasteiger partial charge >= 0.3 is 5.97 Å². The molecule has 0 radical (unpaired) electrons. The summed E-state index contributed by atoms with van der Waals surface area (Å²) in [5, 5.41) is 6.45. The molecule has 27 heavy (non-hydrogen) atoms. The summed E-state index contributed by atoms with van der Waals surface area (Å²) in [5.74, 6) is -1.37. The van der Waals surface area contributed by atoms with Gasteiger partial charge in [0.1, 0.15) is 0 Å². The first-order valence-corrected chi connectivity index (χ1v) is 8.23. The zero-order chi connectivity index (χ0) is 19.0. The van der Waals surface area contributed by atoms with Crippen molar-refractivity contribution in [2.45, 2.75) is 0 Å². The predicted molar refractivity (Wildman–Crippen MR) is 99.8 cm³/mol. The molecule has 6 heteroatoms. The molecule has 0 aromatic heterocycles. The van der Waals surface area contributed by atoms with Crippen molar-refractivity contribution in [1.82, 2.24) is 5.01 Å². The number of rotatable bonds is 3. The summed E-state index contributed by atoms with van der Waals surface area (Å²) in [5.41, 5.74) is 1.93. The zero-order valence-electron chi connectivity index (χ0n) is 14.4. The van der Waals surface area contributed by atoms with E-state index < -0.39 is 17.8 Å². The van der Waals surface area contributed by atoms with Crippen LogP contribution in [0.1, 0.15) is 36.6 Å². The molecule has 0 unspecified atom stereocenters. The fourth-order valence-electron chi connectivity index (χ4n) is 3.07. The Morgan fingerprint density at radius 1 is 0.926 bits per heavy atom. The van der Waals surface area contributed by atoms with Crippen molar-refractivity contribution in [3.05, 3.63) is 82.9 Å². The molecular formula is C21H14N2O4. The maximum Gasteiger partial charge on any atom is 0.337 e. The Hall–Kier alpha value is -3.80. The Kier molecular flexibility index (Phi) is 4.01. The van der Waals surface area contributed by atoms with Crippen LogP contribution in [0.3, 0.4) is 0 Å². The van der Waals surface area contributed by atoms with Crippen molar-refractivity contribution in [3.63, 3.8) is 0 Å².